The van der Waals surface area contributed by atoms with Gasteiger partial charge in [0, 0.05) is 26.0 Å². The van der Waals surface area contributed by atoms with Gasteiger partial charge in [-0.2, -0.15) is 5.10 Å². The smallest absolute Gasteiger partial charge is 0.412 e. The van der Waals surface area contributed by atoms with Gasteiger partial charge in [-0.15, -0.1) is 0 Å². The maximum atomic E-state index is 12.5. The van der Waals surface area contributed by atoms with Crippen molar-refractivity contribution >= 4 is 6.09 Å². The molecule has 20 heavy (non-hydrogen) atoms. The molecule has 0 radical (unpaired) electrons. The number of methoxy groups -OCH3 is 1. The van der Waals surface area contributed by atoms with Gasteiger partial charge in [-0.1, -0.05) is 0 Å². The molecule has 6 heteroatoms. The molecule has 1 aromatic heterocycles. The molecule has 2 rings (SSSR count). The predicted molar refractivity (Wildman–Crippen MR) is 74.3 cm³/mol. The van der Waals surface area contributed by atoms with Gasteiger partial charge in [0.05, 0.1) is 6.61 Å². The van der Waals surface area contributed by atoms with Gasteiger partial charge >= 0.3 is 6.09 Å². The van der Waals surface area contributed by atoms with Crippen molar-refractivity contribution in [3.63, 3.8) is 0 Å². The summed E-state index contributed by atoms with van der Waals surface area (Å²) in [7, 11) is 1.64. The molecular formula is C14H23N3O3. The third kappa shape index (κ3) is 2.80. The van der Waals surface area contributed by atoms with Crippen LogP contribution >= 0.6 is 0 Å². The molecule has 1 aliphatic heterocycles. The summed E-state index contributed by atoms with van der Waals surface area (Å²) in [5.74, 6) is 0. The van der Waals surface area contributed by atoms with Crippen molar-refractivity contribution in [2.45, 2.75) is 44.9 Å². The van der Waals surface area contributed by atoms with Crippen LogP contribution in [-0.4, -0.2) is 46.6 Å². The fraction of sp³-hybridized carbons (Fsp3) is 0.714. The van der Waals surface area contributed by atoms with Crippen LogP contribution in [0.2, 0.25) is 0 Å². The lowest BCUT2D eigenvalue weighted by Gasteiger charge is -2.38. The number of ether oxygens (including phenoxy) is 2. The fourth-order valence-electron chi connectivity index (χ4n) is 2.64. The zero-order valence-corrected chi connectivity index (χ0v) is 12.6. The Hall–Kier alpha value is -1.56. The summed E-state index contributed by atoms with van der Waals surface area (Å²) in [4.78, 5) is 14.2. The summed E-state index contributed by atoms with van der Waals surface area (Å²) in [5.41, 5.74) is -1.09. The van der Waals surface area contributed by atoms with E-state index in [2.05, 4.69) is 5.10 Å². The minimum atomic E-state index is -0.583. The Bertz CT molecular complexity index is 453. The van der Waals surface area contributed by atoms with Gasteiger partial charge in [-0.3, -0.25) is 4.90 Å². The molecule has 1 atom stereocenters. The number of hydrogen-bond acceptors (Lipinski definition) is 4. The molecule has 6 nitrogen and oxygen atoms in total. The van der Waals surface area contributed by atoms with Crippen LogP contribution in [-0.2, 0) is 15.1 Å². The average Bonchev–Trinajstić information content (AvgIpc) is 2.95. The van der Waals surface area contributed by atoms with Crippen molar-refractivity contribution in [2.24, 2.45) is 0 Å². The number of carbonyl (C=O) groups excluding carboxylic acids is 1. The Balaban J connectivity index is 2.29. The number of aromatic nitrogens is 2. The monoisotopic (exact) mass is 281 g/mol. The first-order chi connectivity index (χ1) is 9.39. The molecule has 0 aromatic carbocycles. The molecule has 112 valence electrons. The number of carbonyl (C=O) groups is 1. The van der Waals surface area contributed by atoms with Gasteiger partial charge in [0.1, 0.15) is 5.60 Å². The van der Waals surface area contributed by atoms with E-state index in [0.29, 0.717) is 13.2 Å². The standard InChI is InChI=1S/C14H23N3O3/c1-13(2,3)20-12(18)16-9-5-7-14(16,11-19-4)17-10-6-8-15-17/h6,8,10H,5,7,9,11H2,1-4H3. The van der Waals surface area contributed by atoms with E-state index in [1.165, 1.54) is 0 Å². The molecule has 1 fully saturated rings. The maximum Gasteiger partial charge on any atom is 0.412 e. The van der Waals surface area contributed by atoms with Gasteiger partial charge in [0.15, 0.2) is 5.66 Å². The number of rotatable bonds is 3. The lowest BCUT2D eigenvalue weighted by molar-refractivity contribution is -0.0455. The number of amides is 1. The average molecular weight is 281 g/mol. The molecule has 1 aliphatic rings. The van der Waals surface area contributed by atoms with E-state index in [9.17, 15) is 4.79 Å². The summed E-state index contributed by atoms with van der Waals surface area (Å²) in [6.07, 6.45) is 4.97. The topological polar surface area (TPSA) is 56.6 Å². The van der Waals surface area contributed by atoms with Crippen LogP contribution in [0.3, 0.4) is 0 Å². The van der Waals surface area contributed by atoms with Crippen molar-refractivity contribution in [1.29, 1.82) is 0 Å². The summed E-state index contributed by atoms with van der Waals surface area (Å²) < 4.78 is 12.7. The van der Waals surface area contributed by atoms with E-state index in [-0.39, 0.29) is 6.09 Å². The van der Waals surface area contributed by atoms with Crippen LogP contribution in [0.1, 0.15) is 33.6 Å². The SMILES string of the molecule is COCC1(n2cccn2)CCCN1C(=O)OC(C)(C)C. The highest BCUT2D eigenvalue weighted by atomic mass is 16.6. The van der Waals surface area contributed by atoms with E-state index in [4.69, 9.17) is 9.47 Å². The predicted octanol–water partition coefficient (Wildman–Crippen LogP) is 2.21. The molecule has 1 aromatic rings. The van der Waals surface area contributed by atoms with Gasteiger partial charge in [0.25, 0.3) is 0 Å². The van der Waals surface area contributed by atoms with Crippen molar-refractivity contribution in [2.75, 3.05) is 20.3 Å². The van der Waals surface area contributed by atoms with Crippen molar-refractivity contribution in [3.8, 4) is 0 Å². The van der Waals surface area contributed by atoms with E-state index >= 15 is 0 Å². The summed E-state index contributed by atoms with van der Waals surface area (Å²) in [6.45, 7) is 6.65. The van der Waals surface area contributed by atoms with E-state index in [0.717, 1.165) is 12.8 Å². The van der Waals surface area contributed by atoms with Gasteiger partial charge < -0.3 is 9.47 Å². The Kier molecular flexibility index (Phi) is 4.04. The molecule has 1 amide bonds. The van der Waals surface area contributed by atoms with Gasteiger partial charge in [-0.05, 0) is 39.7 Å². The van der Waals surface area contributed by atoms with Crippen molar-refractivity contribution in [1.82, 2.24) is 14.7 Å². The van der Waals surface area contributed by atoms with Crippen LogP contribution < -0.4 is 0 Å². The van der Waals surface area contributed by atoms with Crippen LogP contribution in [0.15, 0.2) is 18.5 Å². The number of likely N-dealkylation sites (tertiary alicyclic amines) is 1. The highest BCUT2D eigenvalue weighted by Crippen LogP contribution is 2.35. The third-order valence-corrected chi connectivity index (χ3v) is 3.38. The summed E-state index contributed by atoms with van der Waals surface area (Å²) in [5, 5.41) is 4.31. The lowest BCUT2D eigenvalue weighted by atomic mass is 10.1. The minimum absolute atomic E-state index is 0.317. The van der Waals surface area contributed by atoms with Crippen LogP contribution in [0, 0.1) is 0 Å². The quantitative estimate of drug-likeness (QED) is 0.852. The molecule has 1 unspecified atom stereocenters. The largest absolute Gasteiger partial charge is 0.444 e. The zero-order chi connectivity index (χ0) is 14.8. The van der Waals surface area contributed by atoms with Gasteiger partial charge in [0.2, 0.25) is 0 Å². The van der Waals surface area contributed by atoms with Crippen molar-refractivity contribution < 1.29 is 14.3 Å². The molecule has 0 N–H and O–H groups in total. The molecule has 2 heterocycles. The van der Waals surface area contributed by atoms with E-state index in [1.54, 1.807) is 22.9 Å². The molecular weight excluding hydrogens is 258 g/mol. The van der Waals surface area contributed by atoms with E-state index < -0.39 is 11.3 Å². The first kappa shape index (κ1) is 14.8. The molecule has 0 saturated carbocycles. The highest BCUT2D eigenvalue weighted by molar-refractivity contribution is 5.69. The maximum absolute atomic E-state index is 12.5. The highest BCUT2D eigenvalue weighted by Gasteiger charge is 2.47. The van der Waals surface area contributed by atoms with Crippen LogP contribution in [0.25, 0.3) is 0 Å². The first-order valence-electron chi connectivity index (χ1n) is 6.89. The minimum Gasteiger partial charge on any atom is -0.444 e. The van der Waals surface area contributed by atoms with Crippen LogP contribution in [0.4, 0.5) is 4.79 Å². The molecule has 0 aliphatic carbocycles. The Morgan fingerprint density at radius 1 is 1.45 bits per heavy atom. The van der Waals surface area contributed by atoms with Crippen LogP contribution in [0.5, 0.6) is 0 Å². The van der Waals surface area contributed by atoms with Crippen molar-refractivity contribution in [3.05, 3.63) is 18.5 Å². The number of nitrogens with zero attached hydrogens (tertiary/aromatic N) is 3. The molecule has 0 spiro atoms. The Morgan fingerprint density at radius 3 is 2.75 bits per heavy atom. The normalized spacial score (nSPS) is 23.1. The molecule has 1 saturated heterocycles. The Morgan fingerprint density at radius 2 is 2.20 bits per heavy atom. The second-order valence-corrected chi connectivity index (χ2v) is 6.10. The Labute approximate surface area is 119 Å². The fourth-order valence-corrected chi connectivity index (χ4v) is 2.64. The molecule has 0 bridgehead atoms. The lowest BCUT2D eigenvalue weighted by Crippen LogP contribution is -2.53. The summed E-state index contributed by atoms with van der Waals surface area (Å²) >= 11 is 0. The third-order valence-electron chi connectivity index (χ3n) is 3.38. The number of hydrogen-bond donors (Lipinski definition) is 0. The zero-order valence-electron chi connectivity index (χ0n) is 12.6. The first-order valence-corrected chi connectivity index (χ1v) is 6.89. The summed E-state index contributed by atoms with van der Waals surface area (Å²) in [6, 6.07) is 1.85. The van der Waals surface area contributed by atoms with E-state index in [1.807, 2.05) is 33.0 Å². The second-order valence-electron chi connectivity index (χ2n) is 6.10. The second kappa shape index (κ2) is 5.44. The van der Waals surface area contributed by atoms with Gasteiger partial charge in [-0.25, -0.2) is 9.48 Å².